The van der Waals surface area contributed by atoms with E-state index in [0.717, 1.165) is 16.7 Å². The van der Waals surface area contributed by atoms with E-state index in [1.165, 1.54) is 11.1 Å². The molecule has 0 saturated heterocycles. The molecule has 2 rings (SSSR count). The van der Waals surface area contributed by atoms with Crippen molar-refractivity contribution in [3.05, 3.63) is 63.4 Å². The molecule has 0 aliphatic rings. The Hall–Kier alpha value is -1.38. The predicted molar refractivity (Wildman–Crippen MR) is 78.6 cm³/mol. The number of aliphatic hydroxyl groups excluding tert-OH is 1. The first-order valence-corrected chi connectivity index (χ1v) is 6.71. The topological polar surface area (TPSA) is 33.1 Å². The molecule has 0 fully saturated rings. The molecule has 0 bridgehead atoms. The number of pyridine rings is 1. The van der Waals surface area contributed by atoms with Gasteiger partial charge in [0.2, 0.25) is 0 Å². The van der Waals surface area contributed by atoms with E-state index in [1.54, 1.807) is 12.4 Å². The SMILES string of the molecule is Cc1cc(C)c(C(O)Cc2ccncc2Cl)cc1C. The van der Waals surface area contributed by atoms with Crippen LogP contribution in [0.25, 0.3) is 0 Å². The third-order valence-electron chi connectivity index (χ3n) is 3.51. The monoisotopic (exact) mass is 275 g/mol. The highest BCUT2D eigenvalue weighted by atomic mass is 35.5. The number of hydrogen-bond donors (Lipinski definition) is 1. The summed E-state index contributed by atoms with van der Waals surface area (Å²) in [5.41, 5.74) is 5.44. The summed E-state index contributed by atoms with van der Waals surface area (Å²) >= 11 is 6.08. The Kier molecular flexibility index (Phi) is 4.23. The molecule has 0 amide bonds. The van der Waals surface area contributed by atoms with Crippen LogP contribution in [-0.4, -0.2) is 10.1 Å². The molecule has 1 heterocycles. The Bertz CT molecular complexity index is 595. The molecule has 1 aromatic heterocycles. The first-order valence-electron chi connectivity index (χ1n) is 6.33. The number of benzene rings is 1. The van der Waals surface area contributed by atoms with Crippen LogP contribution in [0.5, 0.6) is 0 Å². The molecule has 1 aromatic carbocycles. The molecule has 19 heavy (non-hydrogen) atoms. The van der Waals surface area contributed by atoms with Crippen LogP contribution in [0.4, 0.5) is 0 Å². The second-order valence-electron chi connectivity index (χ2n) is 4.98. The average Bonchev–Trinajstić information content (AvgIpc) is 2.36. The first-order chi connectivity index (χ1) is 8.99. The van der Waals surface area contributed by atoms with E-state index in [1.807, 2.05) is 13.0 Å². The van der Waals surface area contributed by atoms with Crippen LogP contribution >= 0.6 is 11.6 Å². The summed E-state index contributed by atoms with van der Waals surface area (Å²) in [7, 11) is 0. The van der Waals surface area contributed by atoms with Crippen LogP contribution in [-0.2, 0) is 6.42 Å². The molecule has 0 saturated carbocycles. The zero-order chi connectivity index (χ0) is 14.0. The van der Waals surface area contributed by atoms with E-state index in [2.05, 4.69) is 31.0 Å². The smallest absolute Gasteiger partial charge is 0.0833 e. The lowest BCUT2D eigenvalue weighted by atomic mass is 9.94. The van der Waals surface area contributed by atoms with Gasteiger partial charge in [0, 0.05) is 18.8 Å². The highest BCUT2D eigenvalue weighted by molar-refractivity contribution is 6.31. The lowest BCUT2D eigenvalue weighted by molar-refractivity contribution is 0.177. The minimum Gasteiger partial charge on any atom is -0.388 e. The van der Waals surface area contributed by atoms with Gasteiger partial charge in [-0.2, -0.15) is 0 Å². The van der Waals surface area contributed by atoms with Crippen LogP contribution < -0.4 is 0 Å². The van der Waals surface area contributed by atoms with Crippen LogP contribution in [0, 0.1) is 20.8 Å². The lowest BCUT2D eigenvalue weighted by Crippen LogP contribution is -2.05. The van der Waals surface area contributed by atoms with Crippen molar-refractivity contribution in [2.45, 2.75) is 33.3 Å². The number of nitrogens with zero attached hydrogens (tertiary/aromatic N) is 1. The second-order valence-corrected chi connectivity index (χ2v) is 5.39. The Labute approximate surface area is 119 Å². The van der Waals surface area contributed by atoms with Gasteiger partial charge in [-0.15, -0.1) is 0 Å². The van der Waals surface area contributed by atoms with Crippen molar-refractivity contribution in [3.8, 4) is 0 Å². The maximum atomic E-state index is 10.4. The summed E-state index contributed by atoms with van der Waals surface area (Å²) in [6.45, 7) is 6.17. The Morgan fingerprint density at radius 3 is 2.53 bits per heavy atom. The van der Waals surface area contributed by atoms with Crippen molar-refractivity contribution in [1.82, 2.24) is 4.98 Å². The van der Waals surface area contributed by atoms with E-state index in [0.29, 0.717) is 11.4 Å². The van der Waals surface area contributed by atoms with Crippen LogP contribution in [0.2, 0.25) is 5.02 Å². The fourth-order valence-electron chi connectivity index (χ4n) is 2.23. The second kappa shape index (κ2) is 5.72. The van der Waals surface area contributed by atoms with Gasteiger partial charge >= 0.3 is 0 Å². The van der Waals surface area contributed by atoms with Crippen LogP contribution in [0.15, 0.2) is 30.6 Å². The number of rotatable bonds is 3. The van der Waals surface area contributed by atoms with Crippen molar-refractivity contribution in [3.63, 3.8) is 0 Å². The van der Waals surface area contributed by atoms with Gasteiger partial charge in [-0.05, 0) is 54.7 Å². The lowest BCUT2D eigenvalue weighted by Gasteiger charge is -2.16. The van der Waals surface area contributed by atoms with Gasteiger partial charge in [-0.1, -0.05) is 23.7 Å². The molecule has 0 aliphatic heterocycles. The Balaban J connectivity index is 2.28. The summed E-state index contributed by atoms with van der Waals surface area (Å²) in [5, 5.41) is 11.0. The highest BCUT2D eigenvalue weighted by Gasteiger charge is 2.14. The average molecular weight is 276 g/mol. The molecule has 0 aliphatic carbocycles. The summed E-state index contributed by atoms with van der Waals surface area (Å²) in [5.74, 6) is 0. The first kappa shape index (κ1) is 14.0. The molecule has 1 N–H and O–H groups in total. The van der Waals surface area contributed by atoms with Crippen molar-refractivity contribution in [2.24, 2.45) is 0 Å². The number of hydrogen-bond acceptors (Lipinski definition) is 2. The van der Waals surface area contributed by atoms with E-state index >= 15 is 0 Å². The zero-order valence-electron chi connectivity index (χ0n) is 11.4. The van der Waals surface area contributed by atoms with Crippen molar-refractivity contribution in [2.75, 3.05) is 0 Å². The zero-order valence-corrected chi connectivity index (χ0v) is 12.2. The van der Waals surface area contributed by atoms with E-state index < -0.39 is 6.10 Å². The number of aromatic nitrogens is 1. The minimum atomic E-state index is -0.542. The van der Waals surface area contributed by atoms with E-state index in [4.69, 9.17) is 11.6 Å². The Morgan fingerprint density at radius 1 is 1.16 bits per heavy atom. The van der Waals surface area contributed by atoms with Gasteiger partial charge in [0.25, 0.3) is 0 Å². The maximum absolute atomic E-state index is 10.4. The van der Waals surface area contributed by atoms with E-state index in [-0.39, 0.29) is 0 Å². The summed E-state index contributed by atoms with van der Waals surface area (Å²) in [6.07, 6.45) is 3.27. The van der Waals surface area contributed by atoms with Crippen molar-refractivity contribution >= 4 is 11.6 Å². The molecule has 0 radical (unpaired) electrons. The van der Waals surface area contributed by atoms with Crippen molar-refractivity contribution < 1.29 is 5.11 Å². The van der Waals surface area contributed by atoms with E-state index in [9.17, 15) is 5.11 Å². The van der Waals surface area contributed by atoms with Crippen LogP contribution in [0.3, 0.4) is 0 Å². The molecular weight excluding hydrogens is 258 g/mol. The normalized spacial score (nSPS) is 12.5. The largest absolute Gasteiger partial charge is 0.388 e. The summed E-state index contributed by atoms with van der Waals surface area (Å²) in [6, 6.07) is 6.02. The fraction of sp³-hybridized carbons (Fsp3) is 0.312. The number of halogens is 1. The predicted octanol–water partition coefficient (Wildman–Crippen LogP) is 3.94. The number of aliphatic hydroxyl groups is 1. The van der Waals surface area contributed by atoms with Gasteiger partial charge in [0.1, 0.15) is 0 Å². The molecule has 0 spiro atoms. The van der Waals surface area contributed by atoms with Crippen molar-refractivity contribution in [1.29, 1.82) is 0 Å². The minimum absolute atomic E-state index is 0.505. The molecule has 3 heteroatoms. The maximum Gasteiger partial charge on any atom is 0.0833 e. The molecular formula is C16H18ClNO. The Morgan fingerprint density at radius 2 is 1.84 bits per heavy atom. The number of aryl methyl sites for hydroxylation is 3. The van der Waals surface area contributed by atoms with Gasteiger partial charge in [-0.25, -0.2) is 0 Å². The third-order valence-corrected chi connectivity index (χ3v) is 3.85. The van der Waals surface area contributed by atoms with Crippen LogP contribution in [0.1, 0.15) is 33.9 Å². The van der Waals surface area contributed by atoms with Gasteiger partial charge in [0.15, 0.2) is 0 Å². The molecule has 1 unspecified atom stereocenters. The molecule has 100 valence electrons. The standard InChI is InChI=1S/C16H18ClNO/c1-10-6-12(3)14(7-11(10)2)16(19)8-13-4-5-18-9-15(13)17/h4-7,9,16,19H,8H2,1-3H3. The summed E-state index contributed by atoms with van der Waals surface area (Å²) < 4.78 is 0. The third kappa shape index (κ3) is 3.14. The summed E-state index contributed by atoms with van der Waals surface area (Å²) in [4.78, 5) is 3.95. The van der Waals surface area contributed by atoms with Gasteiger partial charge in [0.05, 0.1) is 11.1 Å². The quantitative estimate of drug-likeness (QED) is 0.920. The fourth-order valence-corrected chi connectivity index (χ4v) is 2.43. The van der Waals surface area contributed by atoms with Gasteiger partial charge < -0.3 is 5.11 Å². The van der Waals surface area contributed by atoms with Gasteiger partial charge in [-0.3, -0.25) is 4.98 Å². The molecule has 2 nitrogen and oxygen atoms in total. The highest BCUT2D eigenvalue weighted by Crippen LogP contribution is 2.26. The molecule has 1 atom stereocenters. The molecule has 2 aromatic rings.